The lowest BCUT2D eigenvalue weighted by Gasteiger charge is -2.18. The van der Waals surface area contributed by atoms with E-state index in [1.54, 1.807) is 30.3 Å². The normalized spacial score (nSPS) is 11.4. The van der Waals surface area contributed by atoms with Gasteiger partial charge in [-0.1, -0.05) is 26.8 Å². The predicted molar refractivity (Wildman–Crippen MR) is 110 cm³/mol. The third-order valence-electron chi connectivity index (χ3n) is 4.63. The van der Waals surface area contributed by atoms with Crippen molar-refractivity contribution in [3.05, 3.63) is 59.3 Å². The Labute approximate surface area is 159 Å². The Balaban J connectivity index is 1.79. The highest BCUT2D eigenvalue weighted by Crippen LogP contribution is 2.24. The Morgan fingerprint density at radius 1 is 0.926 bits per heavy atom. The Kier molecular flexibility index (Phi) is 4.79. The van der Waals surface area contributed by atoms with E-state index in [0.717, 1.165) is 22.2 Å². The van der Waals surface area contributed by atoms with Gasteiger partial charge in [-0.3, -0.25) is 9.59 Å². The van der Waals surface area contributed by atoms with Crippen LogP contribution in [0.1, 0.15) is 42.4 Å². The fourth-order valence-corrected chi connectivity index (χ4v) is 2.80. The van der Waals surface area contributed by atoms with Gasteiger partial charge in [0.15, 0.2) is 0 Å². The Morgan fingerprint density at radius 2 is 1.59 bits per heavy atom. The zero-order chi connectivity index (χ0) is 19.8. The molecule has 0 bridgehead atoms. The number of aromatic nitrogens is 1. The van der Waals surface area contributed by atoms with E-state index in [4.69, 9.17) is 0 Å². The number of hydrogen-bond donors (Lipinski definition) is 3. The minimum atomic E-state index is -0.485. The summed E-state index contributed by atoms with van der Waals surface area (Å²) in [4.78, 5) is 28.1. The first-order valence-electron chi connectivity index (χ1n) is 8.97. The second kappa shape index (κ2) is 6.91. The maximum Gasteiger partial charge on any atom is 0.255 e. The van der Waals surface area contributed by atoms with E-state index >= 15 is 0 Å². The Hall–Kier alpha value is -3.08. The molecule has 0 radical (unpaired) electrons. The largest absolute Gasteiger partial charge is 0.358 e. The highest BCUT2D eigenvalue weighted by Gasteiger charge is 2.21. The fourth-order valence-electron chi connectivity index (χ4n) is 2.80. The number of carbonyl (C=O) groups is 2. The van der Waals surface area contributed by atoms with Crippen LogP contribution in [-0.4, -0.2) is 16.8 Å². The van der Waals surface area contributed by atoms with Crippen LogP contribution in [-0.2, 0) is 4.79 Å². The molecule has 0 saturated carbocycles. The first-order valence-corrected chi connectivity index (χ1v) is 8.97. The Bertz CT molecular complexity index is 1030. The molecule has 140 valence electrons. The van der Waals surface area contributed by atoms with Crippen LogP contribution in [0, 0.1) is 19.3 Å². The van der Waals surface area contributed by atoms with Crippen LogP contribution >= 0.6 is 0 Å². The number of aryl methyl sites for hydroxylation is 2. The van der Waals surface area contributed by atoms with Gasteiger partial charge in [0, 0.05) is 39.0 Å². The molecule has 0 saturated heterocycles. The number of hydrogen-bond acceptors (Lipinski definition) is 2. The molecule has 0 fully saturated rings. The molecule has 2 amide bonds. The van der Waals surface area contributed by atoms with E-state index in [2.05, 4.69) is 15.6 Å². The van der Waals surface area contributed by atoms with Gasteiger partial charge >= 0.3 is 0 Å². The summed E-state index contributed by atoms with van der Waals surface area (Å²) in [6.45, 7) is 9.63. The van der Waals surface area contributed by atoms with Gasteiger partial charge in [0.1, 0.15) is 0 Å². The molecule has 3 aromatic rings. The minimum absolute atomic E-state index is 0.0743. The second-order valence-electron chi connectivity index (χ2n) is 7.87. The van der Waals surface area contributed by atoms with Gasteiger partial charge in [-0.15, -0.1) is 0 Å². The van der Waals surface area contributed by atoms with Crippen molar-refractivity contribution in [1.29, 1.82) is 0 Å². The van der Waals surface area contributed by atoms with E-state index < -0.39 is 5.41 Å². The third-order valence-corrected chi connectivity index (χ3v) is 4.63. The average molecular weight is 363 g/mol. The first-order chi connectivity index (χ1) is 12.6. The summed E-state index contributed by atoms with van der Waals surface area (Å²) < 4.78 is 0. The van der Waals surface area contributed by atoms with Crippen LogP contribution in [0.15, 0.2) is 42.5 Å². The standard InChI is InChI=1S/C22H25N3O2/c1-13-14(2)23-19-10-9-15(11-18(13)19)20(26)24-16-7-6-8-17(12-16)25-21(27)22(3,4)5/h6-12,23H,1-5H3,(H,24,26)(H,25,27). The molecule has 1 aromatic heterocycles. The van der Waals surface area contributed by atoms with Crippen molar-refractivity contribution in [3.8, 4) is 0 Å². The molecule has 0 aliphatic rings. The van der Waals surface area contributed by atoms with Crippen LogP contribution in [0.5, 0.6) is 0 Å². The number of nitrogens with one attached hydrogen (secondary N) is 3. The highest BCUT2D eigenvalue weighted by molar-refractivity contribution is 6.07. The van der Waals surface area contributed by atoms with E-state index in [-0.39, 0.29) is 11.8 Å². The topological polar surface area (TPSA) is 74.0 Å². The molecule has 0 spiro atoms. The number of benzene rings is 2. The number of fused-ring (bicyclic) bond motifs is 1. The summed E-state index contributed by atoms with van der Waals surface area (Å²) in [5.41, 5.74) is 4.66. The molecule has 0 unspecified atom stereocenters. The molecule has 5 heteroatoms. The maximum atomic E-state index is 12.7. The molecule has 1 heterocycles. The average Bonchev–Trinajstić information content (AvgIpc) is 2.88. The molecule has 0 atom stereocenters. The third kappa shape index (κ3) is 4.03. The minimum Gasteiger partial charge on any atom is -0.358 e. The summed E-state index contributed by atoms with van der Waals surface area (Å²) in [7, 11) is 0. The number of H-pyrrole nitrogens is 1. The van der Waals surface area contributed by atoms with Crippen molar-refractivity contribution in [3.63, 3.8) is 0 Å². The van der Waals surface area contributed by atoms with Crippen LogP contribution in [0.2, 0.25) is 0 Å². The van der Waals surface area contributed by atoms with Crippen LogP contribution < -0.4 is 10.6 Å². The molecule has 5 nitrogen and oxygen atoms in total. The van der Waals surface area contributed by atoms with Gasteiger partial charge in [-0.2, -0.15) is 0 Å². The predicted octanol–water partition coefficient (Wildman–Crippen LogP) is 5.02. The van der Waals surface area contributed by atoms with Crippen molar-refractivity contribution < 1.29 is 9.59 Å². The van der Waals surface area contributed by atoms with E-state index in [0.29, 0.717) is 16.9 Å². The smallest absolute Gasteiger partial charge is 0.255 e. The number of rotatable bonds is 3. The van der Waals surface area contributed by atoms with Crippen LogP contribution in [0.25, 0.3) is 10.9 Å². The fraction of sp³-hybridized carbons (Fsp3) is 0.273. The van der Waals surface area contributed by atoms with Crippen molar-refractivity contribution in [2.75, 3.05) is 10.6 Å². The molecule has 3 rings (SSSR count). The summed E-state index contributed by atoms with van der Waals surface area (Å²) in [6.07, 6.45) is 0. The number of aromatic amines is 1. The van der Waals surface area contributed by atoms with E-state index in [1.807, 2.05) is 46.8 Å². The molecule has 0 aliphatic heterocycles. The zero-order valence-electron chi connectivity index (χ0n) is 16.4. The van der Waals surface area contributed by atoms with E-state index in [9.17, 15) is 9.59 Å². The lowest BCUT2D eigenvalue weighted by atomic mass is 9.95. The lowest BCUT2D eigenvalue weighted by Crippen LogP contribution is -2.27. The zero-order valence-corrected chi connectivity index (χ0v) is 16.4. The summed E-state index contributed by atoms with van der Waals surface area (Å²) in [6, 6.07) is 12.8. The molecule has 2 aromatic carbocycles. The molecular weight excluding hydrogens is 338 g/mol. The van der Waals surface area contributed by atoms with Gasteiger partial charge in [-0.05, 0) is 55.8 Å². The van der Waals surface area contributed by atoms with E-state index in [1.165, 1.54) is 0 Å². The number of carbonyl (C=O) groups excluding carboxylic acids is 2. The van der Waals surface area contributed by atoms with Crippen molar-refractivity contribution >= 4 is 34.1 Å². The maximum absolute atomic E-state index is 12.7. The quantitative estimate of drug-likeness (QED) is 0.611. The lowest BCUT2D eigenvalue weighted by molar-refractivity contribution is -0.123. The number of amides is 2. The van der Waals surface area contributed by atoms with Crippen molar-refractivity contribution in [2.24, 2.45) is 5.41 Å². The highest BCUT2D eigenvalue weighted by atomic mass is 16.2. The van der Waals surface area contributed by atoms with Gasteiger partial charge < -0.3 is 15.6 Å². The van der Waals surface area contributed by atoms with Crippen molar-refractivity contribution in [1.82, 2.24) is 4.98 Å². The molecular formula is C22H25N3O2. The van der Waals surface area contributed by atoms with Crippen molar-refractivity contribution in [2.45, 2.75) is 34.6 Å². The first kappa shape index (κ1) is 18.7. The van der Waals surface area contributed by atoms with Gasteiger partial charge in [0.2, 0.25) is 5.91 Å². The second-order valence-corrected chi connectivity index (χ2v) is 7.87. The Morgan fingerprint density at radius 3 is 2.26 bits per heavy atom. The van der Waals surface area contributed by atoms with Gasteiger partial charge in [0.25, 0.3) is 5.91 Å². The summed E-state index contributed by atoms with van der Waals surface area (Å²) in [5, 5.41) is 6.82. The monoisotopic (exact) mass is 363 g/mol. The summed E-state index contributed by atoms with van der Waals surface area (Å²) in [5.74, 6) is -0.260. The van der Waals surface area contributed by atoms with Gasteiger partial charge in [-0.25, -0.2) is 0 Å². The molecule has 3 N–H and O–H groups in total. The van der Waals surface area contributed by atoms with Gasteiger partial charge in [0.05, 0.1) is 0 Å². The summed E-state index contributed by atoms with van der Waals surface area (Å²) >= 11 is 0. The molecule has 0 aliphatic carbocycles. The molecule has 27 heavy (non-hydrogen) atoms. The SMILES string of the molecule is Cc1[nH]c2ccc(C(=O)Nc3cccc(NC(=O)C(C)(C)C)c3)cc2c1C. The number of anilines is 2. The van der Waals surface area contributed by atoms with Crippen LogP contribution in [0.4, 0.5) is 11.4 Å². The van der Waals surface area contributed by atoms with Crippen LogP contribution in [0.3, 0.4) is 0 Å².